The molecule has 0 N–H and O–H groups in total. The minimum Gasteiger partial charge on any atom is -0.381 e. The third kappa shape index (κ3) is 2.20. The average molecular weight is 281 g/mol. The molecule has 1 aromatic carbocycles. The number of ether oxygens (including phenoxy) is 1. The lowest BCUT2D eigenvalue weighted by atomic mass is 10.0. The topological polar surface area (TPSA) is 46.6 Å². The van der Waals surface area contributed by atoms with Gasteiger partial charge >= 0.3 is 0 Å². The first kappa shape index (κ1) is 13.1. The summed E-state index contributed by atoms with van der Waals surface area (Å²) in [6.07, 6.45) is 3.76. The van der Waals surface area contributed by atoms with Crippen LogP contribution in [0.5, 0.6) is 0 Å². The number of nitrogens with zero attached hydrogens (tertiary/aromatic N) is 1. The predicted octanol–water partition coefficient (Wildman–Crippen LogP) is 2.02. The van der Waals surface area contributed by atoms with Gasteiger partial charge in [0.05, 0.1) is 11.0 Å². The van der Waals surface area contributed by atoms with E-state index in [0.717, 1.165) is 25.7 Å². The van der Waals surface area contributed by atoms with Gasteiger partial charge in [-0.1, -0.05) is 18.2 Å². The first-order valence-corrected chi connectivity index (χ1v) is 8.18. The third-order valence-corrected chi connectivity index (χ3v) is 6.29. The average Bonchev–Trinajstić information content (AvgIpc) is 2.72. The number of fused-ring (bicyclic) bond motifs is 2. The van der Waals surface area contributed by atoms with E-state index in [-0.39, 0.29) is 18.2 Å². The Morgan fingerprint density at radius 2 is 1.68 bits per heavy atom. The molecule has 104 valence electrons. The van der Waals surface area contributed by atoms with Crippen molar-refractivity contribution in [2.75, 3.05) is 7.11 Å². The molecular weight excluding hydrogens is 262 g/mol. The van der Waals surface area contributed by atoms with Crippen LogP contribution in [0.3, 0.4) is 0 Å². The molecule has 2 fully saturated rings. The summed E-state index contributed by atoms with van der Waals surface area (Å²) in [5.41, 5.74) is 0. The number of rotatable bonds is 3. The number of benzene rings is 1. The van der Waals surface area contributed by atoms with Crippen LogP contribution >= 0.6 is 0 Å². The Kier molecular flexibility index (Phi) is 3.37. The SMILES string of the molecule is COC1CC2CCC(C1)N2S(=O)(=O)c1ccccc1. The molecular formula is C14H19NO3S. The van der Waals surface area contributed by atoms with E-state index < -0.39 is 10.0 Å². The predicted molar refractivity (Wildman–Crippen MR) is 72.3 cm³/mol. The Balaban J connectivity index is 1.92. The molecule has 2 heterocycles. The smallest absolute Gasteiger partial charge is 0.243 e. The number of piperidine rings is 1. The van der Waals surface area contributed by atoms with Crippen molar-refractivity contribution in [2.45, 2.75) is 48.8 Å². The van der Waals surface area contributed by atoms with Crippen LogP contribution in [0.25, 0.3) is 0 Å². The Bertz CT molecular complexity index is 529. The molecule has 2 aliphatic rings. The Labute approximate surface area is 114 Å². The largest absolute Gasteiger partial charge is 0.381 e. The monoisotopic (exact) mass is 281 g/mol. The van der Waals surface area contributed by atoms with E-state index in [1.54, 1.807) is 35.7 Å². The van der Waals surface area contributed by atoms with Crippen molar-refractivity contribution in [1.29, 1.82) is 0 Å². The second kappa shape index (κ2) is 4.89. The van der Waals surface area contributed by atoms with Gasteiger partial charge in [0.15, 0.2) is 0 Å². The molecule has 0 spiro atoms. The number of sulfonamides is 1. The van der Waals surface area contributed by atoms with Crippen molar-refractivity contribution in [3.63, 3.8) is 0 Å². The quantitative estimate of drug-likeness (QED) is 0.851. The minimum atomic E-state index is -3.35. The van der Waals surface area contributed by atoms with Gasteiger partial charge in [0, 0.05) is 19.2 Å². The molecule has 2 aliphatic heterocycles. The van der Waals surface area contributed by atoms with Crippen molar-refractivity contribution >= 4 is 10.0 Å². The molecule has 0 aliphatic carbocycles. The van der Waals surface area contributed by atoms with Crippen LogP contribution < -0.4 is 0 Å². The summed E-state index contributed by atoms with van der Waals surface area (Å²) in [4.78, 5) is 0.405. The van der Waals surface area contributed by atoms with Gasteiger partial charge in [-0.15, -0.1) is 0 Å². The van der Waals surface area contributed by atoms with Crippen LogP contribution in [-0.4, -0.2) is 38.0 Å². The summed E-state index contributed by atoms with van der Waals surface area (Å²) in [5.74, 6) is 0. The van der Waals surface area contributed by atoms with Crippen molar-refractivity contribution in [2.24, 2.45) is 0 Å². The molecule has 0 amide bonds. The lowest BCUT2D eigenvalue weighted by molar-refractivity contribution is 0.0349. The highest BCUT2D eigenvalue weighted by Crippen LogP contribution is 2.40. The molecule has 2 atom stereocenters. The summed E-state index contributed by atoms with van der Waals surface area (Å²) in [5, 5.41) is 0. The van der Waals surface area contributed by atoms with Crippen molar-refractivity contribution < 1.29 is 13.2 Å². The van der Waals surface area contributed by atoms with E-state index in [4.69, 9.17) is 4.74 Å². The van der Waals surface area contributed by atoms with E-state index in [1.165, 1.54) is 0 Å². The van der Waals surface area contributed by atoms with Gasteiger partial charge in [-0.3, -0.25) is 0 Å². The van der Waals surface area contributed by atoms with E-state index in [2.05, 4.69) is 0 Å². The molecule has 1 aromatic rings. The van der Waals surface area contributed by atoms with Crippen LogP contribution in [0.2, 0.25) is 0 Å². The molecule has 19 heavy (non-hydrogen) atoms. The Morgan fingerprint density at radius 1 is 1.11 bits per heavy atom. The van der Waals surface area contributed by atoms with E-state index in [0.29, 0.717) is 4.90 Å². The Morgan fingerprint density at radius 3 is 2.21 bits per heavy atom. The van der Waals surface area contributed by atoms with Gasteiger partial charge in [-0.25, -0.2) is 8.42 Å². The van der Waals surface area contributed by atoms with E-state index in [9.17, 15) is 8.42 Å². The van der Waals surface area contributed by atoms with Crippen molar-refractivity contribution in [3.8, 4) is 0 Å². The standard InChI is InChI=1S/C14H19NO3S/c1-18-13-9-11-7-8-12(10-13)15(11)19(16,17)14-5-3-2-4-6-14/h2-6,11-13H,7-10H2,1H3. The fraction of sp³-hybridized carbons (Fsp3) is 0.571. The van der Waals surface area contributed by atoms with Crippen molar-refractivity contribution in [3.05, 3.63) is 30.3 Å². The summed E-state index contributed by atoms with van der Waals surface area (Å²) >= 11 is 0. The van der Waals surface area contributed by atoms with Crippen LogP contribution in [0.1, 0.15) is 25.7 Å². The first-order valence-electron chi connectivity index (χ1n) is 6.74. The van der Waals surface area contributed by atoms with E-state index in [1.807, 2.05) is 6.07 Å². The lowest BCUT2D eigenvalue weighted by Crippen LogP contribution is -2.48. The van der Waals surface area contributed by atoms with Crippen LogP contribution in [-0.2, 0) is 14.8 Å². The molecule has 5 heteroatoms. The maximum absolute atomic E-state index is 12.7. The van der Waals surface area contributed by atoms with E-state index >= 15 is 0 Å². The molecule has 0 radical (unpaired) electrons. The summed E-state index contributed by atoms with van der Waals surface area (Å²) in [6, 6.07) is 8.95. The molecule has 0 aromatic heterocycles. The van der Waals surface area contributed by atoms with Crippen molar-refractivity contribution in [1.82, 2.24) is 4.31 Å². The molecule has 4 nitrogen and oxygen atoms in total. The highest BCUT2D eigenvalue weighted by molar-refractivity contribution is 7.89. The lowest BCUT2D eigenvalue weighted by Gasteiger charge is -2.37. The molecule has 2 unspecified atom stereocenters. The highest BCUT2D eigenvalue weighted by Gasteiger charge is 2.47. The van der Waals surface area contributed by atoms with Crippen LogP contribution in [0, 0.1) is 0 Å². The second-order valence-electron chi connectivity index (χ2n) is 5.36. The normalized spacial score (nSPS) is 31.5. The van der Waals surface area contributed by atoms with Gasteiger partial charge in [0.25, 0.3) is 0 Å². The number of hydrogen-bond donors (Lipinski definition) is 0. The van der Waals surface area contributed by atoms with Gasteiger partial charge < -0.3 is 4.74 Å². The highest BCUT2D eigenvalue weighted by atomic mass is 32.2. The van der Waals surface area contributed by atoms with Gasteiger partial charge in [-0.05, 0) is 37.8 Å². The van der Waals surface area contributed by atoms with Crippen LogP contribution in [0.15, 0.2) is 35.2 Å². The Hall–Kier alpha value is -0.910. The zero-order valence-corrected chi connectivity index (χ0v) is 11.8. The maximum Gasteiger partial charge on any atom is 0.243 e. The third-order valence-electron chi connectivity index (χ3n) is 4.27. The van der Waals surface area contributed by atoms with Gasteiger partial charge in [0.2, 0.25) is 10.0 Å². The molecule has 0 saturated carbocycles. The number of methoxy groups -OCH3 is 1. The summed E-state index contributed by atoms with van der Waals surface area (Å²) in [6.45, 7) is 0. The van der Waals surface area contributed by atoms with Gasteiger partial charge in [-0.2, -0.15) is 4.31 Å². The fourth-order valence-corrected chi connectivity index (χ4v) is 5.30. The zero-order chi connectivity index (χ0) is 13.5. The zero-order valence-electron chi connectivity index (χ0n) is 11.0. The molecule has 3 rings (SSSR count). The minimum absolute atomic E-state index is 0.105. The van der Waals surface area contributed by atoms with Gasteiger partial charge in [0.1, 0.15) is 0 Å². The molecule has 2 bridgehead atoms. The maximum atomic E-state index is 12.7. The number of hydrogen-bond acceptors (Lipinski definition) is 3. The fourth-order valence-electron chi connectivity index (χ4n) is 3.38. The second-order valence-corrected chi connectivity index (χ2v) is 7.21. The summed E-state index contributed by atoms with van der Waals surface area (Å²) in [7, 11) is -1.64. The first-order chi connectivity index (χ1) is 9.13. The van der Waals surface area contributed by atoms with Crippen LogP contribution in [0.4, 0.5) is 0 Å². The summed E-state index contributed by atoms with van der Waals surface area (Å²) < 4.78 is 32.6. The molecule has 2 saturated heterocycles.